The number of ether oxygens (including phenoxy) is 1. The summed E-state index contributed by atoms with van der Waals surface area (Å²) in [7, 11) is 0. The lowest BCUT2D eigenvalue weighted by molar-refractivity contribution is -0.137. The number of nitrogens with zero attached hydrogens (tertiary/aromatic N) is 2. The summed E-state index contributed by atoms with van der Waals surface area (Å²) in [6.07, 6.45) is -3.52. The summed E-state index contributed by atoms with van der Waals surface area (Å²) < 4.78 is 43.1. The van der Waals surface area contributed by atoms with Crippen LogP contribution in [0.3, 0.4) is 0 Å². The predicted molar refractivity (Wildman–Crippen MR) is 58.7 cm³/mol. The van der Waals surface area contributed by atoms with Crippen molar-refractivity contribution >= 4 is 5.82 Å². The van der Waals surface area contributed by atoms with Gasteiger partial charge in [0, 0.05) is 25.8 Å². The van der Waals surface area contributed by atoms with Crippen molar-refractivity contribution in [1.82, 2.24) is 10.3 Å². The van der Waals surface area contributed by atoms with Crippen molar-refractivity contribution in [2.75, 3.05) is 31.1 Å². The number of aromatic nitrogens is 1. The van der Waals surface area contributed by atoms with E-state index in [1.807, 2.05) is 4.90 Å². The fourth-order valence-corrected chi connectivity index (χ4v) is 2.29. The van der Waals surface area contributed by atoms with Crippen LogP contribution in [0.5, 0.6) is 5.75 Å². The summed E-state index contributed by atoms with van der Waals surface area (Å²) in [5, 5.41) is 3.22. The lowest BCUT2D eigenvalue weighted by Crippen LogP contribution is -2.56. The number of rotatable bonds is 0. The number of pyridine rings is 1. The van der Waals surface area contributed by atoms with Crippen LogP contribution >= 0.6 is 0 Å². The Hall–Kier alpha value is -1.50. The molecule has 2 aliphatic rings. The van der Waals surface area contributed by atoms with Gasteiger partial charge in [-0.05, 0) is 6.07 Å². The molecule has 0 unspecified atom stereocenters. The Morgan fingerprint density at radius 1 is 1.44 bits per heavy atom. The molecular formula is C11H12F3N3O. The highest BCUT2D eigenvalue weighted by molar-refractivity contribution is 5.56. The quantitative estimate of drug-likeness (QED) is 0.761. The van der Waals surface area contributed by atoms with Crippen LogP contribution < -0.4 is 15.0 Å². The van der Waals surface area contributed by atoms with Gasteiger partial charge in [-0.15, -0.1) is 0 Å². The summed E-state index contributed by atoms with van der Waals surface area (Å²) in [5.74, 6) is 0.740. The number of hydrogen-bond acceptors (Lipinski definition) is 4. The molecule has 0 bridgehead atoms. The molecule has 0 radical (unpaired) electrons. The van der Waals surface area contributed by atoms with Crippen LogP contribution in [0.2, 0.25) is 0 Å². The van der Waals surface area contributed by atoms with Gasteiger partial charge in [0.25, 0.3) is 0 Å². The number of piperazine rings is 1. The zero-order chi connectivity index (χ0) is 12.8. The lowest BCUT2D eigenvalue weighted by atomic mass is 10.1. The Morgan fingerprint density at radius 3 is 3.06 bits per heavy atom. The van der Waals surface area contributed by atoms with Crippen molar-refractivity contribution in [3.8, 4) is 5.75 Å². The van der Waals surface area contributed by atoms with E-state index in [4.69, 9.17) is 4.74 Å². The highest BCUT2D eigenvalue weighted by Crippen LogP contribution is 2.37. The number of nitrogens with one attached hydrogen (secondary N) is 1. The minimum atomic E-state index is -4.38. The van der Waals surface area contributed by atoms with Gasteiger partial charge < -0.3 is 15.0 Å². The Balaban J connectivity index is 1.96. The monoisotopic (exact) mass is 259 g/mol. The van der Waals surface area contributed by atoms with Crippen LogP contribution in [0.1, 0.15) is 5.56 Å². The first-order valence-corrected chi connectivity index (χ1v) is 5.73. The molecule has 1 saturated heterocycles. The third-order valence-electron chi connectivity index (χ3n) is 3.21. The average molecular weight is 259 g/mol. The molecule has 0 aromatic carbocycles. The molecule has 1 aromatic rings. The summed E-state index contributed by atoms with van der Waals surface area (Å²) in [6.45, 7) is 2.70. The molecule has 98 valence electrons. The molecule has 3 heterocycles. The standard InChI is InChI=1S/C11H12F3N3O/c12-11(13,14)7-3-9-10(16-4-7)17-2-1-15-5-8(17)6-18-9/h3-4,8,15H,1-2,5-6H2/t8-/m1/s1. The summed E-state index contributed by atoms with van der Waals surface area (Å²) in [5.41, 5.74) is -0.769. The Kier molecular flexibility index (Phi) is 2.58. The lowest BCUT2D eigenvalue weighted by Gasteiger charge is -2.40. The number of anilines is 1. The number of hydrogen-bond donors (Lipinski definition) is 1. The van der Waals surface area contributed by atoms with Crippen LogP contribution in [0.15, 0.2) is 12.3 Å². The summed E-state index contributed by atoms with van der Waals surface area (Å²) in [6, 6.07) is 1.18. The molecular weight excluding hydrogens is 247 g/mol. The number of alkyl halides is 3. The minimum absolute atomic E-state index is 0.149. The summed E-state index contributed by atoms with van der Waals surface area (Å²) in [4.78, 5) is 5.93. The van der Waals surface area contributed by atoms with Crippen molar-refractivity contribution < 1.29 is 17.9 Å². The fraction of sp³-hybridized carbons (Fsp3) is 0.545. The molecule has 1 aromatic heterocycles. The molecule has 0 aliphatic carbocycles. The highest BCUT2D eigenvalue weighted by Gasteiger charge is 2.35. The van der Waals surface area contributed by atoms with Gasteiger partial charge >= 0.3 is 6.18 Å². The van der Waals surface area contributed by atoms with Gasteiger partial charge in [0.1, 0.15) is 6.61 Å². The van der Waals surface area contributed by atoms with E-state index in [-0.39, 0.29) is 11.8 Å². The number of halogens is 3. The van der Waals surface area contributed by atoms with Crippen molar-refractivity contribution in [2.24, 2.45) is 0 Å². The molecule has 4 nitrogen and oxygen atoms in total. The van der Waals surface area contributed by atoms with Gasteiger partial charge in [0.2, 0.25) is 0 Å². The molecule has 0 spiro atoms. The second-order valence-electron chi connectivity index (χ2n) is 4.41. The molecule has 1 fully saturated rings. The molecule has 1 N–H and O–H groups in total. The maximum atomic E-state index is 12.6. The van der Waals surface area contributed by atoms with Crippen LogP contribution in [0.25, 0.3) is 0 Å². The van der Waals surface area contributed by atoms with Crippen molar-refractivity contribution in [2.45, 2.75) is 12.2 Å². The van der Waals surface area contributed by atoms with Gasteiger partial charge in [-0.2, -0.15) is 13.2 Å². The van der Waals surface area contributed by atoms with E-state index in [0.717, 1.165) is 31.9 Å². The minimum Gasteiger partial charge on any atom is -0.487 e. The van der Waals surface area contributed by atoms with E-state index in [1.54, 1.807) is 0 Å². The highest BCUT2D eigenvalue weighted by atomic mass is 19.4. The summed E-state index contributed by atoms with van der Waals surface area (Å²) >= 11 is 0. The van der Waals surface area contributed by atoms with Crippen molar-refractivity contribution in [3.05, 3.63) is 17.8 Å². The second-order valence-corrected chi connectivity index (χ2v) is 4.41. The Labute approximate surface area is 102 Å². The SMILES string of the molecule is FC(F)(F)c1cnc2c(c1)OC[C@H]1CNCCN21. The third-order valence-corrected chi connectivity index (χ3v) is 3.21. The molecule has 2 aliphatic heterocycles. The predicted octanol–water partition coefficient (Wildman–Crippen LogP) is 1.27. The molecule has 1 atom stereocenters. The number of fused-ring (bicyclic) bond motifs is 3. The second kappa shape index (κ2) is 4.01. The van der Waals surface area contributed by atoms with E-state index in [2.05, 4.69) is 10.3 Å². The smallest absolute Gasteiger partial charge is 0.418 e. The zero-order valence-electron chi connectivity index (χ0n) is 9.50. The van der Waals surface area contributed by atoms with E-state index < -0.39 is 11.7 Å². The van der Waals surface area contributed by atoms with Gasteiger partial charge in [0.05, 0.1) is 11.6 Å². The van der Waals surface area contributed by atoms with E-state index in [9.17, 15) is 13.2 Å². The van der Waals surface area contributed by atoms with E-state index in [1.165, 1.54) is 0 Å². The van der Waals surface area contributed by atoms with Gasteiger partial charge in [-0.3, -0.25) is 0 Å². The first-order valence-electron chi connectivity index (χ1n) is 5.73. The zero-order valence-corrected chi connectivity index (χ0v) is 9.50. The normalized spacial score (nSPS) is 23.1. The molecule has 7 heteroatoms. The first kappa shape index (κ1) is 11.6. The van der Waals surface area contributed by atoms with Gasteiger partial charge in [-0.25, -0.2) is 4.98 Å². The van der Waals surface area contributed by atoms with Crippen LogP contribution in [0, 0.1) is 0 Å². The van der Waals surface area contributed by atoms with Gasteiger partial charge in [0.15, 0.2) is 11.6 Å². The van der Waals surface area contributed by atoms with Crippen LogP contribution in [-0.2, 0) is 6.18 Å². The van der Waals surface area contributed by atoms with E-state index >= 15 is 0 Å². The average Bonchev–Trinajstić information content (AvgIpc) is 2.37. The molecule has 0 saturated carbocycles. The molecule has 18 heavy (non-hydrogen) atoms. The first-order chi connectivity index (χ1) is 8.55. The Bertz CT molecular complexity index is 463. The van der Waals surface area contributed by atoms with Gasteiger partial charge in [-0.1, -0.05) is 0 Å². The third kappa shape index (κ3) is 1.88. The maximum Gasteiger partial charge on any atom is 0.418 e. The maximum absolute atomic E-state index is 12.6. The Morgan fingerprint density at radius 2 is 2.28 bits per heavy atom. The van der Waals surface area contributed by atoms with Crippen molar-refractivity contribution in [1.29, 1.82) is 0 Å². The van der Waals surface area contributed by atoms with Crippen molar-refractivity contribution in [3.63, 3.8) is 0 Å². The topological polar surface area (TPSA) is 37.4 Å². The largest absolute Gasteiger partial charge is 0.487 e. The van der Waals surface area contributed by atoms with E-state index in [0.29, 0.717) is 12.4 Å². The fourth-order valence-electron chi connectivity index (χ4n) is 2.29. The molecule has 0 amide bonds. The molecule has 3 rings (SSSR count). The van der Waals surface area contributed by atoms with Crippen LogP contribution in [-0.4, -0.2) is 37.3 Å². The van der Waals surface area contributed by atoms with Crippen LogP contribution in [0.4, 0.5) is 19.0 Å².